The topological polar surface area (TPSA) is 21.3 Å². The van der Waals surface area contributed by atoms with E-state index in [0.717, 1.165) is 12.2 Å². The van der Waals surface area contributed by atoms with Crippen LogP contribution in [0.2, 0.25) is 0 Å². The second-order valence-corrected chi connectivity index (χ2v) is 4.16. The van der Waals surface area contributed by atoms with Crippen LogP contribution in [0.25, 0.3) is 0 Å². The molecule has 1 aromatic carbocycles. The van der Waals surface area contributed by atoms with E-state index in [1.54, 1.807) is 7.11 Å². The number of methoxy groups -OCH3 is 1. The third kappa shape index (κ3) is 2.72. The zero-order chi connectivity index (χ0) is 10.5. The first-order valence-corrected chi connectivity index (χ1v) is 5.75. The first-order valence-electron chi connectivity index (χ1n) is 5.75. The van der Waals surface area contributed by atoms with E-state index in [2.05, 4.69) is 17.4 Å². The molecule has 0 radical (unpaired) electrons. The van der Waals surface area contributed by atoms with Gasteiger partial charge in [0.15, 0.2) is 0 Å². The molecular weight excluding hydrogens is 186 g/mol. The number of hydrogen-bond acceptors (Lipinski definition) is 2. The van der Waals surface area contributed by atoms with Gasteiger partial charge in [-0.05, 0) is 37.4 Å². The summed E-state index contributed by atoms with van der Waals surface area (Å²) in [7, 11) is 1.74. The molecule has 1 N–H and O–H groups in total. The van der Waals surface area contributed by atoms with Gasteiger partial charge in [-0.3, -0.25) is 0 Å². The third-order valence-corrected chi connectivity index (χ3v) is 3.07. The molecule has 1 atom stereocenters. The van der Waals surface area contributed by atoms with E-state index >= 15 is 0 Å². The lowest BCUT2D eigenvalue weighted by molar-refractivity contribution is 0.381. The van der Waals surface area contributed by atoms with Crippen molar-refractivity contribution < 1.29 is 4.74 Å². The SMILES string of the molecule is COc1ccccc1C[C@@H]1CCCCN1. The summed E-state index contributed by atoms with van der Waals surface area (Å²) in [6.07, 6.45) is 5.05. The van der Waals surface area contributed by atoms with E-state index in [4.69, 9.17) is 4.74 Å². The molecule has 1 aliphatic heterocycles. The van der Waals surface area contributed by atoms with Crippen molar-refractivity contribution in [3.05, 3.63) is 29.8 Å². The van der Waals surface area contributed by atoms with E-state index in [1.165, 1.54) is 31.4 Å². The van der Waals surface area contributed by atoms with Gasteiger partial charge in [0.25, 0.3) is 0 Å². The van der Waals surface area contributed by atoms with Crippen molar-refractivity contribution in [3.63, 3.8) is 0 Å². The van der Waals surface area contributed by atoms with E-state index in [0.29, 0.717) is 6.04 Å². The molecule has 0 aromatic heterocycles. The van der Waals surface area contributed by atoms with Crippen molar-refractivity contribution in [2.75, 3.05) is 13.7 Å². The van der Waals surface area contributed by atoms with Gasteiger partial charge in [0.2, 0.25) is 0 Å². The number of para-hydroxylation sites is 1. The molecule has 2 rings (SSSR count). The molecule has 0 bridgehead atoms. The second-order valence-electron chi connectivity index (χ2n) is 4.16. The van der Waals surface area contributed by atoms with Crippen molar-refractivity contribution in [3.8, 4) is 5.75 Å². The first kappa shape index (κ1) is 10.5. The molecule has 0 aliphatic carbocycles. The van der Waals surface area contributed by atoms with Gasteiger partial charge < -0.3 is 10.1 Å². The summed E-state index contributed by atoms with van der Waals surface area (Å²) >= 11 is 0. The Morgan fingerprint density at radius 2 is 2.20 bits per heavy atom. The van der Waals surface area contributed by atoms with Crippen LogP contribution in [0.4, 0.5) is 0 Å². The number of hydrogen-bond donors (Lipinski definition) is 1. The maximum absolute atomic E-state index is 5.36. The summed E-state index contributed by atoms with van der Waals surface area (Å²) in [4.78, 5) is 0. The predicted molar refractivity (Wildman–Crippen MR) is 62.3 cm³/mol. The Bertz CT molecular complexity index is 305. The summed E-state index contributed by atoms with van der Waals surface area (Å²) in [6, 6.07) is 8.94. The van der Waals surface area contributed by atoms with Crippen molar-refractivity contribution in [2.24, 2.45) is 0 Å². The summed E-state index contributed by atoms with van der Waals surface area (Å²) in [5.74, 6) is 1.02. The van der Waals surface area contributed by atoms with Crippen LogP contribution in [0.5, 0.6) is 5.75 Å². The van der Waals surface area contributed by atoms with Gasteiger partial charge >= 0.3 is 0 Å². The van der Waals surface area contributed by atoms with Crippen LogP contribution >= 0.6 is 0 Å². The minimum atomic E-state index is 0.634. The van der Waals surface area contributed by atoms with Crippen LogP contribution in [0.1, 0.15) is 24.8 Å². The summed E-state index contributed by atoms with van der Waals surface area (Å²) in [5, 5.41) is 3.56. The monoisotopic (exact) mass is 205 g/mol. The number of nitrogens with one attached hydrogen (secondary N) is 1. The molecule has 1 aromatic rings. The molecular formula is C13H19NO. The van der Waals surface area contributed by atoms with E-state index in [9.17, 15) is 0 Å². The average Bonchev–Trinajstić information content (AvgIpc) is 2.31. The quantitative estimate of drug-likeness (QED) is 0.818. The molecule has 1 saturated heterocycles. The summed E-state index contributed by atoms with van der Waals surface area (Å²) in [6.45, 7) is 1.17. The van der Waals surface area contributed by atoms with Gasteiger partial charge in [0.1, 0.15) is 5.75 Å². The normalized spacial score (nSPS) is 21.3. The van der Waals surface area contributed by atoms with E-state index in [1.807, 2.05) is 12.1 Å². The summed E-state index contributed by atoms with van der Waals surface area (Å²) in [5.41, 5.74) is 1.32. The van der Waals surface area contributed by atoms with Gasteiger partial charge in [-0.25, -0.2) is 0 Å². The molecule has 0 unspecified atom stereocenters. The number of ether oxygens (including phenoxy) is 1. The Hall–Kier alpha value is -1.02. The second kappa shape index (κ2) is 5.17. The van der Waals surface area contributed by atoms with Crippen LogP contribution in [-0.4, -0.2) is 19.7 Å². The van der Waals surface area contributed by atoms with Crippen molar-refractivity contribution in [2.45, 2.75) is 31.7 Å². The van der Waals surface area contributed by atoms with Crippen LogP contribution < -0.4 is 10.1 Å². The highest BCUT2D eigenvalue weighted by atomic mass is 16.5. The fourth-order valence-corrected chi connectivity index (χ4v) is 2.24. The molecule has 1 heterocycles. The van der Waals surface area contributed by atoms with Gasteiger partial charge in [-0.15, -0.1) is 0 Å². The van der Waals surface area contributed by atoms with Crippen LogP contribution in [0, 0.1) is 0 Å². The van der Waals surface area contributed by atoms with E-state index < -0.39 is 0 Å². The third-order valence-electron chi connectivity index (χ3n) is 3.07. The Labute approximate surface area is 91.6 Å². The van der Waals surface area contributed by atoms with Crippen molar-refractivity contribution in [1.82, 2.24) is 5.32 Å². The summed E-state index contributed by atoms with van der Waals surface area (Å²) < 4.78 is 5.36. The molecule has 1 fully saturated rings. The van der Waals surface area contributed by atoms with Gasteiger partial charge in [-0.2, -0.15) is 0 Å². The minimum absolute atomic E-state index is 0.634. The molecule has 1 aliphatic rings. The standard InChI is InChI=1S/C13H19NO/c1-15-13-8-3-2-6-11(13)10-12-7-4-5-9-14-12/h2-3,6,8,12,14H,4-5,7,9-10H2,1H3/t12-/m0/s1. The fraction of sp³-hybridized carbons (Fsp3) is 0.538. The molecule has 0 spiro atoms. The van der Waals surface area contributed by atoms with Crippen molar-refractivity contribution in [1.29, 1.82) is 0 Å². The molecule has 82 valence electrons. The lowest BCUT2D eigenvalue weighted by Crippen LogP contribution is -2.35. The number of rotatable bonds is 3. The lowest BCUT2D eigenvalue weighted by atomic mass is 9.97. The lowest BCUT2D eigenvalue weighted by Gasteiger charge is -2.24. The van der Waals surface area contributed by atoms with Crippen LogP contribution in [-0.2, 0) is 6.42 Å². The Balaban J connectivity index is 2.02. The Morgan fingerprint density at radius 1 is 1.33 bits per heavy atom. The van der Waals surface area contributed by atoms with Gasteiger partial charge in [-0.1, -0.05) is 24.6 Å². The zero-order valence-corrected chi connectivity index (χ0v) is 9.33. The highest BCUT2D eigenvalue weighted by Crippen LogP contribution is 2.21. The molecule has 15 heavy (non-hydrogen) atoms. The highest BCUT2D eigenvalue weighted by molar-refractivity contribution is 5.33. The number of benzene rings is 1. The highest BCUT2D eigenvalue weighted by Gasteiger charge is 2.14. The fourth-order valence-electron chi connectivity index (χ4n) is 2.24. The van der Waals surface area contributed by atoms with Gasteiger partial charge in [0, 0.05) is 6.04 Å². The molecule has 2 nitrogen and oxygen atoms in total. The maximum Gasteiger partial charge on any atom is 0.122 e. The zero-order valence-electron chi connectivity index (χ0n) is 9.33. The molecule has 0 saturated carbocycles. The smallest absolute Gasteiger partial charge is 0.122 e. The van der Waals surface area contributed by atoms with Crippen molar-refractivity contribution >= 4 is 0 Å². The first-order chi connectivity index (χ1) is 7.40. The largest absolute Gasteiger partial charge is 0.496 e. The van der Waals surface area contributed by atoms with E-state index in [-0.39, 0.29) is 0 Å². The Morgan fingerprint density at radius 3 is 2.93 bits per heavy atom. The molecule has 2 heteroatoms. The Kier molecular flexibility index (Phi) is 3.62. The number of piperidine rings is 1. The predicted octanol–water partition coefficient (Wildman–Crippen LogP) is 2.38. The minimum Gasteiger partial charge on any atom is -0.496 e. The van der Waals surface area contributed by atoms with Gasteiger partial charge in [0.05, 0.1) is 7.11 Å². The average molecular weight is 205 g/mol. The van der Waals surface area contributed by atoms with Crippen LogP contribution in [0.3, 0.4) is 0 Å². The van der Waals surface area contributed by atoms with Crippen LogP contribution in [0.15, 0.2) is 24.3 Å². The molecule has 0 amide bonds. The maximum atomic E-state index is 5.36.